The Labute approximate surface area is 266 Å². The predicted octanol–water partition coefficient (Wildman–Crippen LogP) is 11.5. The van der Waals surface area contributed by atoms with Crippen LogP contribution in [0.3, 0.4) is 0 Å². The quantitative estimate of drug-likeness (QED) is 0.246. The van der Waals surface area contributed by atoms with E-state index in [4.69, 9.17) is 21.1 Å². The lowest BCUT2D eigenvalue weighted by Crippen LogP contribution is -2.30. The Hall–Kier alpha value is -2.28. The number of ether oxygens (including phenoxy) is 2. The van der Waals surface area contributed by atoms with Gasteiger partial charge in [0.05, 0.1) is 19.8 Å². The summed E-state index contributed by atoms with van der Waals surface area (Å²) in [5.41, 5.74) is 9.26. The molecule has 2 saturated carbocycles. The summed E-state index contributed by atoms with van der Waals surface area (Å²) in [4.78, 5) is 0. The maximum absolute atomic E-state index is 7.50. The van der Waals surface area contributed by atoms with Gasteiger partial charge in [0, 0.05) is 16.5 Å². The molecule has 3 aromatic carbocycles. The molecule has 2 fully saturated rings. The van der Waals surface area contributed by atoms with Crippen LogP contribution in [0.15, 0.2) is 54.6 Å². The second-order valence-corrected chi connectivity index (χ2v) is 17.0. The van der Waals surface area contributed by atoms with Crippen LogP contribution in [0.4, 0.5) is 0 Å². The van der Waals surface area contributed by atoms with Crippen molar-refractivity contribution in [3.63, 3.8) is 0 Å². The number of fused-ring (bicyclic) bond motifs is 1. The van der Waals surface area contributed by atoms with Crippen LogP contribution in [0, 0.1) is 5.41 Å². The normalized spacial score (nSPS) is 19.8. The Kier molecular flexibility index (Phi) is 9.28. The highest BCUT2D eigenvalue weighted by Gasteiger charge is 2.41. The monoisotopic (exact) mass is 614 g/mol. The van der Waals surface area contributed by atoms with Gasteiger partial charge in [0.15, 0.2) is 0 Å². The second-order valence-electron chi connectivity index (χ2n) is 13.9. The maximum atomic E-state index is 7.50. The molecule has 6 rings (SSSR count). The summed E-state index contributed by atoms with van der Waals surface area (Å²) in [7, 11) is 3.08. The van der Waals surface area contributed by atoms with Crippen LogP contribution in [0.25, 0.3) is 22.8 Å². The van der Waals surface area contributed by atoms with E-state index in [1.807, 2.05) is 6.07 Å². The van der Waals surface area contributed by atoms with Crippen molar-refractivity contribution in [2.75, 3.05) is 14.2 Å². The number of methoxy groups -OCH3 is 2. The fourth-order valence-corrected chi connectivity index (χ4v) is 12.8. The Bertz CT molecular complexity index is 1430. The van der Waals surface area contributed by atoms with Gasteiger partial charge in [0.25, 0.3) is 0 Å². The first-order valence-corrected chi connectivity index (χ1v) is 18.3. The van der Waals surface area contributed by atoms with Crippen LogP contribution >= 0.6 is 19.5 Å². The van der Waals surface area contributed by atoms with Crippen molar-refractivity contribution in [2.24, 2.45) is 5.41 Å². The highest BCUT2D eigenvalue weighted by Crippen LogP contribution is 2.61. The molecule has 43 heavy (non-hydrogen) atoms. The number of rotatable bonds is 7. The first-order chi connectivity index (χ1) is 20.8. The molecule has 228 valence electrons. The largest absolute Gasteiger partial charge is 0.496 e. The fourth-order valence-electron chi connectivity index (χ4n) is 8.28. The molecule has 2 nitrogen and oxygen atoms in total. The summed E-state index contributed by atoms with van der Waals surface area (Å²) < 4.78 is 12.1. The number of allylic oxidation sites excluding steroid dienone is 1. The van der Waals surface area contributed by atoms with E-state index in [0.717, 1.165) is 33.4 Å². The summed E-state index contributed by atoms with van der Waals surface area (Å²) in [5, 5.41) is 2.40. The van der Waals surface area contributed by atoms with Gasteiger partial charge in [-0.05, 0) is 88.2 Å². The second kappa shape index (κ2) is 13.0. The van der Waals surface area contributed by atoms with Gasteiger partial charge in [0.2, 0.25) is 0 Å². The third-order valence-electron chi connectivity index (χ3n) is 10.1. The maximum Gasteiger partial charge on any atom is 0.130 e. The molecule has 0 aliphatic heterocycles. The predicted molar refractivity (Wildman–Crippen MR) is 187 cm³/mol. The van der Waals surface area contributed by atoms with Crippen molar-refractivity contribution in [3.05, 3.63) is 76.3 Å². The Morgan fingerprint density at radius 3 is 1.84 bits per heavy atom. The van der Waals surface area contributed by atoms with Crippen molar-refractivity contribution < 1.29 is 9.47 Å². The summed E-state index contributed by atoms with van der Waals surface area (Å²) in [6, 6.07) is 19.6. The molecule has 0 aromatic heterocycles. The topological polar surface area (TPSA) is 18.5 Å². The van der Waals surface area contributed by atoms with Gasteiger partial charge in [-0.3, -0.25) is 0 Å². The van der Waals surface area contributed by atoms with E-state index in [1.54, 1.807) is 14.2 Å². The standard InChI is InChI=1S/C39H48ClO2P/c1-39(2,3)37-29-20-13-12-15-26(29)25-31(37)35-32(40)24-23-30(36-33(41-4)21-14-22-34(36)42-5)38(35)43(27-16-8-6-9-17-27)28-18-10-7-11-19-28/h12-15,20-25,27-28,37H,6-11,16-19H2,1-5H3. The van der Waals surface area contributed by atoms with E-state index >= 15 is 0 Å². The van der Waals surface area contributed by atoms with Gasteiger partial charge in [-0.2, -0.15) is 0 Å². The molecule has 0 bridgehead atoms. The van der Waals surface area contributed by atoms with Crippen molar-refractivity contribution >= 4 is 36.5 Å². The summed E-state index contributed by atoms with van der Waals surface area (Å²) >= 11 is 7.50. The Morgan fingerprint density at radius 2 is 1.28 bits per heavy atom. The van der Waals surface area contributed by atoms with Gasteiger partial charge in [-0.1, -0.05) is 121 Å². The zero-order valence-corrected chi connectivity index (χ0v) is 28.4. The summed E-state index contributed by atoms with van der Waals surface area (Å²) in [5.74, 6) is 2.00. The van der Waals surface area contributed by atoms with Crippen LogP contribution in [0.1, 0.15) is 108 Å². The van der Waals surface area contributed by atoms with E-state index in [1.165, 1.54) is 97.3 Å². The van der Waals surface area contributed by atoms with E-state index in [0.29, 0.717) is 0 Å². The molecule has 3 aromatic rings. The van der Waals surface area contributed by atoms with Crippen molar-refractivity contribution in [2.45, 2.75) is 102 Å². The number of benzene rings is 3. The smallest absolute Gasteiger partial charge is 0.130 e. The average molecular weight is 615 g/mol. The molecule has 0 heterocycles. The third kappa shape index (κ3) is 5.92. The first-order valence-electron chi connectivity index (χ1n) is 16.5. The average Bonchev–Trinajstić information content (AvgIpc) is 3.42. The van der Waals surface area contributed by atoms with Crippen molar-refractivity contribution in [1.82, 2.24) is 0 Å². The van der Waals surface area contributed by atoms with E-state index in [2.05, 4.69) is 75.4 Å². The van der Waals surface area contributed by atoms with Gasteiger partial charge >= 0.3 is 0 Å². The molecular weight excluding hydrogens is 567 g/mol. The lowest BCUT2D eigenvalue weighted by Gasteiger charge is -2.42. The Balaban J connectivity index is 1.69. The van der Waals surface area contributed by atoms with Crippen LogP contribution in [-0.2, 0) is 0 Å². The summed E-state index contributed by atoms with van der Waals surface area (Å²) in [6.07, 6.45) is 15.9. The van der Waals surface area contributed by atoms with Gasteiger partial charge in [0.1, 0.15) is 11.5 Å². The molecule has 0 saturated heterocycles. The molecule has 1 atom stereocenters. The highest BCUT2D eigenvalue weighted by molar-refractivity contribution is 7.67. The number of hydrogen-bond acceptors (Lipinski definition) is 2. The molecule has 3 aliphatic carbocycles. The van der Waals surface area contributed by atoms with E-state index in [-0.39, 0.29) is 11.3 Å². The minimum Gasteiger partial charge on any atom is -0.496 e. The highest BCUT2D eigenvalue weighted by atomic mass is 35.5. The lowest BCUT2D eigenvalue weighted by atomic mass is 9.72. The number of halogens is 1. The molecule has 1 unspecified atom stereocenters. The van der Waals surface area contributed by atoms with E-state index in [9.17, 15) is 0 Å². The van der Waals surface area contributed by atoms with Crippen LogP contribution in [0.2, 0.25) is 5.02 Å². The zero-order valence-electron chi connectivity index (χ0n) is 26.7. The summed E-state index contributed by atoms with van der Waals surface area (Å²) in [6.45, 7) is 7.16. The van der Waals surface area contributed by atoms with Gasteiger partial charge < -0.3 is 9.47 Å². The first kappa shape index (κ1) is 30.7. The van der Waals surface area contributed by atoms with Crippen molar-refractivity contribution in [3.8, 4) is 22.6 Å². The Morgan fingerprint density at radius 1 is 0.698 bits per heavy atom. The minimum atomic E-state index is -0.492. The van der Waals surface area contributed by atoms with Crippen LogP contribution in [-0.4, -0.2) is 25.5 Å². The minimum absolute atomic E-state index is 0.0373. The molecular formula is C39H48ClO2P. The molecule has 0 radical (unpaired) electrons. The van der Waals surface area contributed by atoms with Gasteiger partial charge in [-0.15, -0.1) is 0 Å². The SMILES string of the molecule is COc1cccc(OC)c1-c1ccc(Cl)c(C2=Cc3ccccc3C2C(C)(C)C)c1P(C1CCCCC1)C1CCCCC1. The van der Waals surface area contributed by atoms with E-state index < -0.39 is 7.92 Å². The lowest BCUT2D eigenvalue weighted by molar-refractivity contribution is 0.377. The third-order valence-corrected chi connectivity index (χ3v) is 14.0. The molecule has 4 heteroatoms. The van der Waals surface area contributed by atoms with Gasteiger partial charge in [-0.25, -0.2) is 0 Å². The molecule has 3 aliphatic rings. The fraction of sp³-hybridized carbons (Fsp3) is 0.487. The number of hydrogen-bond donors (Lipinski definition) is 0. The van der Waals surface area contributed by atoms with Crippen LogP contribution in [0.5, 0.6) is 11.5 Å². The van der Waals surface area contributed by atoms with Crippen LogP contribution < -0.4 is 14.8 Å². The van der Waals surface area contributed by atoms with Crippen molar-refractivity contribution in [1.29, 1.82) is 0 Å². The molecule has 0 N–H and O–H groups in total. The molecule has 0 spiro atoms. The molecule has 0 amide bonds. The zero-order chi connectivity index (χ0) is 30.1.